The van der Waals surface area contributed by atoms with Crippen LogP contribution in [0.25, 0.3) is 0 Å². The minimum absolute atomic E-state index is 0.0228. The van der Waals surface area contributed by atoms with Crippen LogP contribution in [0.15, 0.2) is 53.5 Å². The highest BCUT2D eigenvalue weighted by Crippen LogP contribution is 2.36. The highest BCUT2D eigenvalue weighted by atomic mass is 16.5. The number of nitrogens with two attached hydrogens (primary N) is 1. The highest BCUT2D eigenvalue weighted by Gasteiger charge is 2.37. The van der Waals surface area contributed by atoms with Gasteiger partial charge in [-0.3, -0.25) is 14.5 Å². The normalized spacial score (nSPS) is 22.2. The number of nitrogens with one attached hydrogen (secondary N) is 1. The number of nitrogens with zero attached hydrogens (tertiary/aromatic N) is 2. The Kier molecular flexibility index (Phi) is 6.75. The van der Waals surface area contributed by atoms with Crippen molar-refractivity contribution in [3.63, 3.8) is 0 Å². The fourth-order valence-corrected chi connectivity index (χ4v) is 5.12. The minimum atomic E-state index is -0.528. The van der Waals surface area contributed by atoms with Crippen LogP contribution in [0.5, 0.6) is 0 Å². The maximum atomic E-state index is 13.3. The number of amides is 2. The molecule has 0 fully saturated rings. The summed E-state index contributed by atoms with van der Waals surface area (Å²) in [4.78, 5) is 32.4. The highest BCUT2D eigenvalue weighted by molar-refractivity contribution is 5.99. The summed E-state index contributed by atoms with van der Waals surface area (Å²) in [5.41, 5.74) is 9.58. The summed E-state index contributed by atoms with van der Waals surface area (Å²) in [5.74, 6) is 0.316. The summed E-state index contributed by atoms with van der Waals surface area (Å²) in [5, 5.41) is 3.23. The lowest BCUT2D eigenvalue weighted by molar-refractivity contribution is -0.131. The topological polar surface area (TPSA) is 97.0 Å². The molecule has 2 aromatic rings. The van der Waals surface area contributed by atoms with Crippen LogP contribution in [-0.4, -0.2) is 41.9 Å². The van der Waals surface area contributed by atoms with E-state index in [2.05, 4.69) is 29.4 Å². The zero-order valence-electron chi connectivity index (χ0n) is 20.4. The van der Waals surface area contributed by atoms with Gasteiger partial charge in [-0.1, -0.05) is 43.3 Å². The SMILES string of the molecule is COCC[C@H](c1cccc(C(=O)N[C@@H]2c3ccccc3C[C@@H]2C)c1)N1C(=O)CC(C)(C)N=C1N. The summed E-state index contributed by atoms with van der Waals surface area (Å²) in [6.45, 7) is 6.39. The molecule has 3 atom stereocenters. The average Bonchev–Trinajstić information content (AvgIpc) is 3.10. The average molecular weight is 463 g/mol. The van der Waals surface area contributed by atoms with E-state index in [1.807, 2.05) is 44.2 Å². The maximum Gasteiger partial charge on any atom is 0.251 e. The van der Waals surface area contributed by atoms with Gasteiger partial charge in [-0.15, -0.1) is 0 Å². The van der Waals surface area contributed by atoms with E-state index in [4.69, 9.17) is 10.5 Å². The lowest BCUT2D eigenvalue weighted by Gasteiger charge is -2.38. The predicted octanol–water partition coefficient (Wildman–Crippen LogP) is 3.75. The van der Waals surface area contributed by atoms with Gasteiger partial charge in [0.25, 0.3) is 5.91 Å². The number of methoxy groups -OCH3 is 1. The van der Waals surface area contributed by atoms with Crippen LogP contribution in [0.1, 0.15) is 72.7 Å². The van der Waals surface area contributed by atoms with Crippen molar-refractivity contribution in [2.75, 3.05) is 13.7 Å². The number of carbonyl (C=O) groups excluding carboxylic acids is 2. The zero-order valence-corrected chi connectivity index (χ0v) is 20.4. The molecule has 2 aliphatic rings. The summed E-state index contributed by atoms with van der Waals surface area (Å²) in [7, 11) is 1.63. The first kappa shape index (κ1) is 24.0. The van der Waals surface area contributed by atoms with Crippen LogP contribution in [0.4, 0.5) is 0 Å². The molecule has 7 nitrogen and oxygen atoms in total. The molecule has 0 saturated carbocycles. The fourth-order valence-electron chi connectivity index (χ4n) is 5.12. The smallest absolute Gasteiger partial charge is 0.251 e. The van der Waals surface area contributed by atoms with Crippen LogP contribution in [-0.2, 0) is 16.0 Å². The van der Waals surface area contributed by atoms with Crippen LogP contribution < -0.4 is 11.1 Å². The molecule has 0 bridgehead atoms. The van der Waals surface area contributed by atoms with Gasteiger partial charge >= 0.3 is 0 Å². The maximum absolute atomic E-state index is 13.3. The molecule has 0 unspecified atom stereocenters. The summed E-state index contributed by atoms with van der Waals surface area (Å²) >= 11 is 0. The molecule has 0 aromatic heterocycles. The number of hydrogen-bond donors (Lipinski definition) is 2. The number of carbonyl (C=O) groups is 2. The zero-order chi connectivity index (χ0) is 24.5. The van der Waals surface area contributed by atoms with Gasteiger partial charge in [0.15, 0.2) is 5.96 Å². The minimum Gasteiger partial charge on any atom is -0.385 e. The summed E-state index contributed by atoms with van der Waals surface area (Å²) < 4.78 is 5.31. The molecule has 0 saturated heterocycles. The van der Waals surface area contributed by atoms with Gasteiger partial charge in [-0.25, -0.2) is 4.99 Å². The lowest BCUT2D eigenvalue weighted by Crippen LogP contribution is -2.51. The largest absolute Gasteiger partial charge is 0.385 e. The third-order valence-corrected chi connectivity index (χ3v) is 6.74. The molecule has 3 N–H and O–H groups in total. The van der Waals surface area contributed by atoms with Crippen LogP contribution in [0.3, 0.4) is 0 Å². The Morgan fingerprint density at radius 1 is 1.26 bits per heavy atom. The van der Waals surface area contributed by atoms with Crippen molar-refractivity contribution >= 4 is 17.8 Å². The second-order valence-corrected chi connectivity index (χ2v) is 9.98. The first-order valence-electron chi connectivity index (χ1n) is 11.8. The molecular formula is C27H34N4O3. The number of fused-ring (bicyclic) bond motifs is 1. The first-order valence-corrected chi connectivity index (χ1v) is 11.8. The molecule has 1 heterocycles. The molecule has 34 heavy (non-hydrogen) atoms. The van der Waals surface area contributed by atoms with E-state index in [1.54, 1.807) is 18.1 Å². The number of rotatable bonds is 7. The number of hydrogen-bond acceptors (Lipinski definition) is 5. The van der Waals surface area contributed by atoms with E-state index < -0.39 is 5.54 Å². The lowest BCUT2D eigenvalue weighted by atomic mass is 9.94. The Hall–Kier alpha value is -3.19. The van der Waals surface area contributed by atoms with Gasteiger partial charge in [0.2, 0.25) is 5.91 Å². The number of aliphatic imine (C=N–C) groups is 1. The number of guanidine groups is 1. The van der Waals surface area contributed by atoms with E-state index in [0.717, 1.165) is 12.0 Å². The van der Waals surface area contributed by atoms with Gasteiger partial charge < -0.3 is 15.8 Å². The van der Waals surface area contributed by atoms with Crippen molar-refractivity contribution in [3.8, 4) is 0 Å². The van der Waals surface area contributed by atoms with Gasteiger partial charge in [0, 0.05) is 19.3 Å². The number of ether oxygens (including phenoxy) is 1. The Labute approximate surface area is 201 Å². The molecule has 1 aliphatic carbocycles. The number of benzene rings is 2. The molecular weight excluding hydrogens is 428 g/mol. The van der Waals surface area contributed by atoms with Crippen molar-refractivity contribution in [2.45, 2.75) is 57.7 Å². The predicted molar refractivity (Wildman–Crippen MR) is 132 cm³/mol. The van der Waals surface area contributed by atoms with Gasteiger partial charge in [-0.05, 0) is 61.4 Å². The van der Waals surface area contributed by atoms with Gasteiger partial charge in [0.1, 0.15) is 0 Å². The Balaban J connectivity index is 1.60. The molecule has 2 amide bonds. The third-order valence-electron chi connectivity index (χ3n) is 6.74. The molecule has 7 heteroatoms. The molecule has 2 aromatic carbocycles. The van der Waals surface area contributed by atoms with Gasteiger partial charge in [0.05, 0.1) is 24.0 Å². The summed E-state index contributed by atoms with van der Waals surface area (Å²) in [6.07, 6.45) is 1.76. The molecule has 0 spiro atoms. The van der Waals surface area contributed by atoms with Crippen LogP contribution in [0.2, 0.25) is 0 Å². The second-order valence-electron chi connectivity index (χ2n) is 9.98. The van der Waals surface area contributed by atoms with Crippen LogP contribution in [0, 0.1) is 5.92 Å². The molecule has 1 aliphatic heterocycles. The standard InChI is InChI=1S/C27H34N4O3/c1-17-14-18-8-5-6-11-21(18)24(17)29-25(33)20-10-7-9-19(15-20)22(12-13-34-4)31-23(32)16-27(2,3)30-26(31)28/h5-11,15,17,22,24H,12-14,16H2,1-4H3,(H2,28,30)(H,29,33)/t17-,22+,24-/m0/s1. The van der Waals surface area contributed by atoms with Crippen molar-refractivity contribution in [2.24, 2.45) is 16.6 Å². The van der Waals surface area contributed by atoms with Crippen molar-refractivity contribution in [1.29, 1.82) is 0 Å². The van der Waals surface area contributed by atoms with Crippen molar-refractivity contribution in [3.05, 3.63) is 70.8 Å². The van der Waals surface area contributed by atoms with E-state index in [1.165, 1.54) is 11.1 Å². The van der Waals surface area contributed by atoms with Gasteiger partial charge in [-0.2, -0.15) is 0 Å². The Bertz CT molecular complexity index is 1110. The Morgan fingerprint density at radius 2 is 2.03 bits per heavy atom. The van der Waals surface area contributed by atoms with E-state index >= 15 is 0 Å². The van der Waals surface area contributed by atoms with Crippen molar-refractivity contribution < 1.29 is 14.3 Å². The van der Waals surface area contributed by atoms with E-state index in [9.17, 15) is 9.59 Å². The summed E-state index contributed by atoms with van der Waals surface area (Å²) in [6, 6.07) is 15.3. The molecule has 180 valence electrons. The van der Waals surface area contributed by atoms with Crippen LogP contribution >= 0.6 is 0 Å². The van der Waals surface area contributed by atoms with Crippen molar-refractivity contribution in [1.82, 2.24) is 10.2 Å². The fraction of sp³-hybridized carbons (Fsp3) is 0.444. The third kappa shape index (κ3) is 4.85. The second kappa shape index (κ2) is 9.58. The Morgan fingerprint density at radius 3 is 2.76 bits per heavy atom. The molecule has 0 radical (unpaired) electrons. The monoisotopic (exact) mass is 462 g/mol. The quantitative estimate of drug-likeness (QED) is 0.655. The van der Waals surface area contributed by atoms with E-state index in [0.29, 0.717) is 24.5 Å². The molecule has 4 rings (SSSR count). The first-order chi connectivity index (χ1) is 16.2. The van der Waals surface area contributed by atoms with E-state index in [-0.39, 0.29) is 36.3 Å².